The van der Waals surface area contributed by atoms with Crippen molar-refractivity contribution in [3.8, 4) is 0 Å². The van der Waals surface area contributed by atoms with Gasteiger partial charge in [0.2, 0.25) is 0 Å². The highest BCUT2D eigenvalue weighted by Crippen LogP contribution is 2.38. The number of urea groups is 1. The minimum absolute atomic E-state index is 0.0755. The van der Waals surface area contributed by atoms with Crippen molar-refractivity contribution in [3.63, 3.8) is 0 Å². The Kier molecular flexibility index (Phi) is 6.82. The summed E-state index contributed by atoms with van der Waals surface area (Å²) < 4.78 is 50.0. The Morgan fingerprint density at radius 2 is 1.87 bits per heavy atom. The van der Waals surface area contributed by atoms with Gasteiger partial charge in [-0.05, 0) is 12.5 Å². The Labute approximate surface area is 176 Å². The fourth-order valence-corrected chi connectivity index (χ4v) is 3.79. The maximum absolute atomic E-state index is 14.7. The number of phosphoric acid groups is 1. The van der Waals surface area contributed by atoms with Crippen LogP contribution in [0.15, 0.2) is 42.1 Å². The van der Waals surface area contributed by atoms with Crippen LogP contribution >= 0.6 is 7.82 Å². The average molecular weight is 464 g/mol. The molecular formula is C18H23F2N2O8P. The molecule has 2 amide bonds. The van der Waals surface area contributed by atoms with Gasteiger partial charge in [-0.2, -0.15) is 8.78 Å². The molecule has 0 spiro atoms. The van der Waals surface area contributed by atoms with E-state index in [-0.39, 0.29) is 12.1 Å². The first-order chi connectivity index (χ1) is 14.4. The maximum Gasteiger partial charge on any atom is 0.469 e. The molecule has 1 saturated heterocycles. The molecule has 1 fully saturated rings. The molecule has 31 heavy (non-hydrogen) atoms. The minimum Gasteiger partial charge on any atom is -0.387 e. The summed E-state index contributed by atoms with van der Waals surface area (Å²) in [6.45, 7) is -0.153. The van der Waals surface area contributed by atoms with E-state index in [9.17, 15) is 28.4 Å². The number of nitrogens with zero attached hydrogens (tertiary/aromatic N) is 2. The first-order valence-electron chi connectivity index (χ1n) is 9.28. The van der Waals surface area contributed by atoms with E-state index in [1.54, 1.807) is 13.0 Å². The molecule has 0 saturated carbocycles. The lowest BCUT2D eigenvalue weighted by Gasteiger charge is -2.38. The Bertz CT molecular complexity index is 881. The maximum atomic E-state index is 14.7. The number of ether oxygens (including phenoxy) is 1. The molecule has 13 heteroatoms. The molecule has 2 heterocycles. The van der Waals surface area contributed by atoms with Gasteiger partial charge in [-0.3, -0.25) is 9.42 Å². The van der Waals surface area contributed by atoms with E-state index in [1.807, 2.05) is 0 Å². The summed E-state index contributed by atoms with van der Waals surface area (Å²) in [5.41, 5.74) is 0.257. The van der Waals surface area contributed by atoms with Crippen LogP contribution in [0.2, 0.25) is 0 Å². The van der Waals surface area contributed by atoms with E-state index in [2.05, 4.69) is 4.52 Å². The number of halogens is 2. The molecule has 2 aliphatic rings. The molecule has 4 atom stereocenters. The standard InChI is InChI=1S/C18H23F2N2O8P/c1-11-7-21(10-18(19,20)12-5-3-2-4-6-12)17(25)22(8-11)16-15(24)14(23)13(30-16)9-29-31(26,27)28/h2-6,8,13-16,23-24H,7,9-10H2,1H3,(H2,26,27,28)/t13-,14+,15+,16-/m1/s1. The second-order valence-corrected chi connectivity index (χ2v) is 8.66. The van der Waals surface area contributed by atoms with Crippen molar-refractivity contribution in [1.29, 1.82) is 0 Å². The molecule has 0 unspecified atom stereocenters. The average Bonchev–Trinajstić information content (AvgIpc) is 2.97. The highest BCUT2D eigenvalue weighted by Gasteiger charge is 2.49. The Morgan fingerprint density at radius 1 is 1.23 bits per heavy atom. The van der Waals surface area contributed by atoms with Gasteiger partial charge in [0.05, 0.1) is 13.2 Å². The largest absolute Gasteiger partial charge is 0.469 e. The Hall–Kier alpha value is -1.92. The van der Waals surface area contributed by atoms with Gasteiger partial charge < -0.3 is 29.6 Å². The SMILES string of the molecule is CC1=CN([C@@H]2O[C@H](COP(=O)(O)O)[C@H](O)[C@@H]2O)C(=O)N(CC(F)(F)c2ccccc2)C1. The van der Waals surface area contributed by atoms with Crippen LogP contribution in [0.1, 0.15) is 12.5 Å². The molecule has 4 N–H and O–H groups in total. The smallest absolute Gasteiger partial charge is 0.387 e. The van der Waals surface area contributed by atoms with Crippen molar-refractivity contribution < 1.29 is 47.4 Å². The van der Waals surface area contributed by atoms with Crippen molar-refractivity contribution in [1.82, 2.24) is 9.80 Å². The van der Waals surface area contributed by atoms with E-state index in [4.69, 9.17) is 14.5 Å². The molecule has 2 aliphatic heterocycles. The number of phosphoric ester groups is 1. The number of hydrogen-bond acceptors (Lipinski definition) is 6. The van der Waals surface area contributed by atoms with Crippen LogP contribution in [0.25, 0.3) is 0 Å². The number of alkyl halides is 2. The summed E-state index contributed by atoms with van der Waals surface area (Å²) in [6, 6.07) is 6.14. The lowest BCUT2D eigenvalue weighted by atomic mass is 10.1. The molecular weight excluding hydrogens is 441 g/mol. The summed E-state index contributed by atoms with van der Waals surface area (Å²) in [5, 5.41) is 20.4. The fourth-order valence-electron chi connectivity index (χ4n) is 3.45. The predicted molar refractivity (Wildman–Crippen MR) is 102 cm³/mol. The van der Waals surface area contributed by atoms with Crippen LogP contribution in [0.5, 0.6) is 0 Å². The zero-order valence-electron chi connectivity index (χ0n) is 16.4. The molecule has 3 rings (SSSR count). The first-order valence-corrected chi connectivity index (χ1v) is 10.8. The van der Waals surface area contributed by atoms with Crippen LogP contribution < -0.4 is 0 Å². The van der Waals surface area contributed by atoms with Gasteiger partial charge >= 0.3 is 13.9 Å². The van der Waals surface area contributed by atoms with Gasteiger partial charge in [0.25, 0.3) is 5.92 Å². The third-order valence-electron chi connectivity index (χ3n) is 4.90. The molecule has 0 radical (unpaired) electrons. The second kappa shape index (κ2) is 8.91. The van der Waals surface area contributed by atoms with Gasteiger partial charge in [-0.15, -0.1) is 0 Å². The number of rotatable bonds is 7. The van der Waals surface area contributed by atoms with Crippen LogP contribution in [0, 0.1) is 0 Å². The summed E-state index contributed by atoms with van der Waals surface area (Å²) >= 11 is 0. The fraction of sp³-hybridized carbons (Fsp3) is 0.500. The number of aliphatic hydroxyl groups excluding tert-OH is 2. The Balaban J connectivity index is 1.75. The topological polar surface area (TPSA) is 140 Å². The molecule has 10 nitrogen and oxygen atoms in total. The molecule has 172 valence electrons. The third-order valence-corrected chi connectivity index (χ3v) is 5.38. The highest BCUT2D eigenvalue weighted by atomic mass is 31.2. The van der Waals surface area contributed by atoms with Gasteiger partial charge in [-0.1, -0.05) is 30.3 Å². The summed E-state index contributed by atoms with van der Waals surface area (Å²) in [5.74, 6) is -3.34. The normalized spacial score (nSPS) is 27.6. The van der Waals surface area contributed by atoms with Gasteiger partial charge in [-0.25, -0.2) is 9.36 Å². The molecule has 0 aromatic heterocycles. The zero-order valence-corrected chi connectivity index (χ0v) is 17.3. The minimum atomic E-state index is -4.86. The second-order valence-electron chi connectivity index (χ2n) is 7.42. The number of amides is 2. The van der Waals surface area contributed by atoms with Crippen LogP contribution in [0.3, 0.4) is 0 Å². The zero-order chi connectivity index (χ0) is 23.0. The monoisotopic (exact) mass is 464 g/mol. The molecule has 1 aromatic carbocycles. The van der Waals surface area contributed by atoms with Gasteiger partial charge in [0.15, 0.2) is 6.23 Å². The third kappa shape index (κ3) is 5.47. The van der Waals surface area contributed by atoms with Crippen molar-refractivity contribution in [2.24, 2.45) is 0 Å². The lowest BCUT2D eigenvalue weighted by molar-refractivity contribution is -0.0766. The summed E-state index contributed by atoms with van der Waals surface area (Å²) in [4.78, 5) is 32.3. The Morgan fingerprint density at radius 3 is 2.48 bits per heavy atom. The lowest BCUT2D eigenvalue weighted by Crippen LogP contribution is -2.54. The number of aliphatic hydroxyl groups is 2. The van der Waals surface area contributed by atoms with Crippen molar-refractivity contribution in [2.45, 2.75) is 37.4 Å². The van der Waals surface area contributed by atoms with E-state index >= 15 is 0 Å². The van der Waals surface area contributed by atoms with E-state index < -0.39 is 57.5 Å². The molecule has 0 bridgehead atoms. The number of hydrogen-bond donors (Lipinski definition) is 4. The quantitative estimate of drug-likeness (QED) is 0.438. The number of carbonyl (C=O) groups excluding carboxylic acids is 1. The predicted octanol–water partition coefficient (Wildman–Crippen LogP) is 0.976. The highest BCUT2D eigenvalue weighted by molar-refractivity contribution is 7.46. The van der Waals surface area contributed by atoms with E-state index in [1.165, 1.54) is 30.5 Å². The van der Waals surface area contributed by atoms with E-state index in [0.717, 1.165) is 9.80 Å². The van der Waals surface area contributed by atoms with Crippen molar-refractivity contribution in [3.05, 3.63) is 47.7 Å². The number of benzene rings is 1. The van der Waals surface area contributed by atoms with Crippen LogP contribution in [-0.2, 0) is 19.7 Å². The van der Waals surface area contributed by atoms with Gasteiger partial charge in [0, 0.05) is 18.3 Å². The van der Waals surface area contributed by atoms with Crippen LogP contribution in [0.4, 0.5) is 13.6 Å². The number of carbonyl (C=O) groups is 1. The summed E-state index contributed by atoms with van der Waals surface area (Å²) in [7, 11) is -4.86. The molecule has 1 aromatic rings. The molecule has 0 aliphatic carbocycles. The first kappa shape index (κ1) is 23.7. The van der Waals surface area contributed by atoms with Crippen molar-refractivity contribution >= 4 is 13.9 Å². The van der Waals surface area contributed by atoms with Gasteiger partial charge in [0.1, 0.15) is 18.3 Å². The summed E-state index contributed by atoms with van der Waals surface area (Å²) in [6.07, 6.45) is -4.79. The van der Waals surface area contributed by atoms with Crippen LogP contribution in [-0.4, -0.2) is 80.1 Å². The van der Waals surface area contributed by atoms with E-state index in [0.29, 0.717) is 5.57 Å². The van der Waals surface area contributed by atoms with Crippen molar-refractivity contribution in [2.75, 3.05) is 19.7 Å².